The van der Waals surface area contributed by atoms with Gasteiger partial charge in [-0.3, -0.25) is 4.21 Å². The van der Waals surface area contributed by atoms with Crippen LogP contribution in [0.1, 0.15) is 19.4 Å². The highest BCUT2D eigenvalue weighted by molar-refractivity contribution is 7.84. The Kier molecular flexibility index (Phi) is 6.86. The van der Waals surface area contributed by atoms with Gasteiger partial charge in [0.1, 0.15) is 0 Å². The molecule has 1 N–H and O–H groups in total. The highest BCUT2D eigenvalue weighted by atomic mass is 35.5. The van der Waals surface area contributed by atoms with Crippen molar-refractivity contribution in [2.45, 2.75) is 31.8 Å². The second-order valence-electron chi connectivity index (χ2n) is 4.41. The van der Waals surface area contributed by atoms with Crippen molar-refractivity contribution >= 4 is 22.4 Å². The molecule has 5 heteroatoms. The SMILES string of the molecule is CC(C)OC[C@@H](O)C[S@](=O)Cc1ccc(Cl)cc1. The Morgan fingerprint density at radius 1 is 1.33 bits per heavy atom. The molecule has 0 aliphatic rings. The van der Waals surface area contributed by atoms with E-state index in [4.69, 9.17) is 16.3 Å². The van der Waals surface area contributed by atoms with Crippen molar-refractivity contribution < 1.29 is 14.1 Å². The number of halogens is 1. The zero-order chi connectivity index (χ0) is 13.5. The van der Waals surface area contributed by atoms with E-state index in [9.17, 15) is 9.32 Å². The van der Waals surface area contributed by atoms with E-state index in [1.165, 1.54) is 0 Å². The highest BCUT2D eigenvalue weighted by Crippen LogP contribution is 2.11. The summed E-state index contributed by atoms with van der Waals surface area (Å²) in [5.74, 6) is 0.658. The Hall–Kier alpha value is -0.420. The van der Waals surface area contributed by atoms with Gasteiger partial charge in [0.2, 0.25) is 0 Å². The summed E-state index contributed by atoms with van der Waals surface area (Å²) in [6.07, 6.45) is -0.607. The van der Waals surface area contributed by atoms with Crippen molar-refractivity contribution in [2.75, 3.05) is 12.4 Å². The van der Waals surface area contributed by atoms with Gasteiger partial charge in [-0.05, 0) is 31.5 Å². The molecule has 102 valence electrons. The number of ether oxygens (including phenoxy) is 1. The third-order valence-corrected chi connectivity index (χ3v) is 3.90. The van der Waals surface area contributed by atoms with Gasteiger partial charge in [-0.2, -0.15) is 0 Å². The molecule has 0 bridgehead atoms. The molecule has 0 heterocycles. The molecule has 3 nitrogen and oxygen atoms in total. The fourth-order valence-corrected chi connectivity index (χ4v) is 2.73. The van der Waals surface area contributed by atoms with Crippen LogP contribution in [-0.4, -0.2) is 33.9 Å². The molecular weight excluding hydrogens is 272 g/mol. The van der Waals surface area contributed by atoms with E-state index in [0.29, 0.717) is 10.8 Å². The Labute approximate surface area is 116 Å². The topological polar surface area (TPSA) is 46.5 Å². The third kappa shape index (κ3) is 6.50. The Morgan fingerprint density at radius 3 is 2.50 bits per heavy atom. The van der Waals surface area contributed by atoms with Crippen molar-refractivity contribution in [3.8, 4) is 0 Å². The summed E-state index contributed by atoms with van der Waals surface area (Å²) in [6.45, 7) is 4.03. The average Bonchev–Trinajstić information content (AvgIpc) is 2.29. The summed E-state index contributed by atoms with van der Waals surface area (Å²) >= 11 is 5.77. The fourth-order valence-electron chi connectivity index (χ4n) is 1.39. The number of rotatable bonds is 7. The van der Waals surface area contributed by atoms with Crippen LogP contribution in [-0.2, 0) is 21.3 Å². The second-order valence-corrected chi connectivity index (χ2v) is 6.35. The van der Waals surface area contributed by atoms with Gasteiger partial charge < -0.3 is 9.84 Å². The molecule has 0 unspecified atom stereocenters. The first-order chi connectivity index (χ1) is 8.47. The van der Waals surface area contributed by atoms with Gasteiger partial charge in [-0.25, -0.2) is 0 Å². The van der Waals surface area contributed by atoms with Crippen LogP contribution in [0.15, 0.2) is 24.3 Å². The maximum absolute atomic E-state index is 11.8. The summed E-state index contributed by atoms with van der Waals surface area (Å²) in [7, 11) is -1.10. The van der Waals surface area contributed by atoms with Crippen LogP contribution in [0.25, 0.3) is 0 Å². The highest BCUT2D eigenvalue weighted by Gasteiger charge is 2.11. The number of hydrogen-bond acceptors (Lipinski definition) is 3. The van der Waals surface area contributed by atoms with Gasteiger partial charge in [0.15, 0.2) is 0 Å². The maximum Gasteiger partial charge on any atom is 0.0888 e. The van der Waals surface area contributed by atoms with Crippen LogP contribution in [0.4, 0.5) is 0 Å². The minimum absolute atomic E-state index is 0.0735. The van der Waals surface area contributed by atoms with E-state index >= 15 is 0 Å². The smallest absolute Gasteiger partial charge is 0.0888 e. The van der Waals surface area contributed by atoms with Crippen molar-refractivity contribution in [3.63, 3.8) is 0 Å². The standard InChI is InChI=1S/C13H19ClO3S/c1-10(2)17-7-13(15)9-18(16)8-11-3-5-12(14)6-4-11/h3-6,10,13,15H,7-9H2,1-2H3/t13-,18-/m1/s1. The summed E-state index contributed by atoms with van der Waals surface area (Å²) < 4.78 is 17.1. The van der Waals surface area contributed by atoms with Crippen LogP contribution in [0.5, 0.6) is 0 Å². The summed E-state index contributed by atoms with van der Waals surface area (Å²) in [6, 6.07) is 7.23. The molecule has 1 aromatic carbocycles. The number of aliphatic hydroxyl groups is 1. The quantitative estimate of drug-likeness (QED) is 0.839. The third-order valence-electron chi connectivity index (χ3n) is 2.24. The molecule has 0 aliphatic heterocycles. The number of aliphatic hydroxyl groups excluding tert-OH is 1. The minimum atomic E-state index is -1.10. The predicted octanol–water partition coefficient (Wildman–Crippen LogP) is 2.37. The lowest BCUT2D eigenvalue weighted by atomic mass is 10.2. The second kappa shape index (κ2) is 7.89. The maximum atomic E-state index is 11.8. The van der Waals surface area contributed by atoms with E-state index in [0.717, 1.165) is 5.56 Å². The van der Waals surface area contributed by atoms with Crippen molar-refractivity contribution in [2.24, 2.45) is 0 Å². The van der Waals surface area contributed by atoms with Crippen LogP contribution in [0.2, 0.25) is 5.02 Å². The van der Waals surface area contributed by atoms with Gasteiger partial charge in [-0.15, -0.1) is 0 Å². The Balaban J connectivity index is 2.34. The van der Waals surface area contributed by atoms with Gasteiger partial charge >= 0.3 is 0 Å². The fraction of sp³-hybridized carbons (Fsp3) is 0.538. The first kappa shape index (κ1) is 15.6. The molecule has 18 heavy (non-hydrogen) atoms. The zero-order valence-electron chi connectivity index (χ0n) is 10.6. The van der Waals surface area contributed by atoms with Gasteiger partial charge in [0.05, 0.1) is 24.6 Å². The summed E-state index contributed by atoms with van der Waals surface area (Å²) in [5.41, 5.74) is 0.953. The largest absolute Gasteiger partial charge is 0.390 e. The summed E-state index contributed by atoms with van der Waals surface area (Å²) in [5, 5.41) is 10.3. The van der Waals surface area contributed by atoms with E-state index in [1.54, 1.807) is 12.1 Å². The lowest BCUT2D eigenvalue weighted by Gasteiger charge is -2.13. The zero-order valence-corrected chi connectivity index (χ0v) is 12.2. The van der Waals surface area contributed by atoms with Gasteiger partial charge in [0.25, 0.3) is 0 Å². The number of hydrogen-bond donors (Lipinski definition) is 1. The molecular formula is C13H19ClO3S. The van der Waals surface area contributed by atoms with Gasteiger partial charge in [-0.1, -0.05) is 23.7 Å². The molecule has 0 aliphatic carbocycles. The van der Waals surface area contributed by atoms with Crippen molar-refractivity contribution in [3.05, 3.63) is 34.9 Å². The van der Waals surface area contributed by atoms with Crippen LogP contribution >= 0.6 is 11.6 Å². The number of benzene rings is 1. The lowest BCUT2D eigenvalue weighted by Crippen LogP contribution is -2.25. The molecule has 0 aromatic heterocycles. The predicted molar refractivity (Wildman–Crippen MR) is 75.3 cm³/mol. The van der Waals surface area contributed by atoms with E-state index < -0.39 is 16.9 Å². The van der Waals surface area contributed by atoms with Crippen LogP contribution in [0, 0.1) is 0 Å². The monoisotopic (exact) mass is 290 g/mol. The normalized spacial score (nSPS) is 14.7. The van der Waals surface area contributed by atoms with E-state index in [1.807, 2.05) is 26.0 Å². The lowest BCUT2D eigenvalue weighted by molar-refractivity contribution is 0.0149. The van der Waals surface area contributed by atoms with Crippen molar-refractivity contribution in [1.29, 1.82) is 0 Å². The van der Waals surface area contributed by atoms with Crippen molar-refractivity contribution in [1.82, 2.24) is 0 Å². The minimum Gasteiger partial charge on any atom is -0.390 e. The molecule has 1 aromatic rings. The first-order valence-corrected chi connectivity index (χ1v) is 7.73. The van der Waals surface area contributed by atoms with Crippen LogP contribution in [0.3, 0.4) is 0 Å². The molecule has 1 rings (SSSR count). The molecule has 0 amide bonds. The molecule has 0 fully saturated rings. The van der Waals surface area contributed by atoms with E-state index in [-0.39, 0.29) is 18.5 Å². The molecule has 0 saturated carbocycles. The van der Waals surface area contributed by atoms with Gasteiger partial charge in [0, 0.05) is 21.6 Å². The Morgan fingerprint density at radius 2 is 1.94 bits per heavy atom. The van der Waals surface area contributed by atoms with Crippen LogP contribution < -0.4 is 0 Å². The Bertz CT molecular complexity index is 378. The molecule has 2 atom stereocenters. The molecule has 0 spiro atoms. The molecule has 0 saturated heterocycles. The molecule has 0 radical (unpaired) electrons. The first-order valence-electron chi connectivity index (χ1n) is 5.86. The van der Waals surface area contributed by atoms with E-state index in [2.05, 4.69) is 0 Å². The summed E-state index contributed by atoms with van der Waals surface area (Å²) in [4.78, 5) is 0. The average molecular weight is 291 g/mol.